The van der Waals surface area contributed by atoms with Crippen molar-refractivity contribution in [2.45, 2.75) is 38.0 Å². The number of carbonyl (C=O) groups excluding carboxylic acids is 1. The minimum Gasteiger partial charge on any atom is -0.299 e. The van der Waals surface area contributed by atoms with Crippen LogP contribution in [-0.2, 0) is 14.6 Å². The lowest BCUT2D eigenvalue weighted by Crippen LogP contribution is -2.16. The first-order valence-corrected chi connectivity index (χ1v) is 7.96. The molecule has 0 saturated carbocycles. The Bertz CT molecular complexity index is 535. The number of ketones is 1. The zero-order valence-corrected chi connectivity index (χ0v) is 12.0. The van der Waals surface area contributed by atoms with Gasteiger partial charge in [-0.05, 0) is 30.5 Å². The van der Waals surface area contributed by atoms with Crippen molar-refractivity contribution in [1.29, 1.82) is 0 Å². The Hall–Kier alpha value is -1.23. The van der Waals surface area contributed by atoms with E-state index in [4.69, 9.17) is 0 Å². The van der Waals surface area contributed by atoms with Crippen molar-refractivity contribution in [2.24, 2.45) is 5.92 Å². The molecular weight excluding hydrogens is 267 g/mol. The molecule has 1 aromatic rings. The molecule has 106 valence electrons. The van der Waals surface area contributed by atoms with E-state index in [0.29, 0.717) is 12.3 Å². The van der Waals surface area contributed by atoms with E-state index in [9.17, 15) is 17.6 Å². The van der Waals surface area contributed by atoms with Crippen LogP contribution in [0.1, 0.15) is 33.1 Å². The van der Waals surface area contributed by atoms with Crippen LogP contribution in [0.15, 0.2) is 29.2 Å². The quantitative estimate of drug-likeness (QED) is 0.774. The van der Waals surface area contributed by atoms with Crippen LogP contribution in [0.5, 0.6) is 0 Å². The van der Waals surface area contributed by atoms with Gasteiger partial charge in [0.15, 0.2) is 9.84 Å². The molecule has 0 aromatic heterocycles. The highest BCUT2D eigenvalue weighted by molar-refractivity contribution is 7.92. The molecule has 0 saturated heterocycles. The van der Waals surface area contributed by atoms with Crippen molar-refractivity contribution in [3.05, 3.63) is 30.1 Å². The molecule has 0 bridgehead atoms. The van der Waals surface area contributed by atoms with Gasteiger partial charge in [0.25, 0.3) is 0 Å². The standard InChI is InChI=1S/C14H19FO3S/c1-11(2)5-3-7-13(16)10-19(17,18)14-8-4-6-12(15)9-14/h4,6,8-9,11H,3,5,7,10H2,1-2H3. The van der Waals surface area contributed by atoms with Crippen molar-refractivity contribution < 1.29 is 17.6 Å². The van der Waals surface area contributed by atoms with E-state index < -0.39 is 21.4 Å². The smallest absolute Gasteiger partial charge is 0.185 e. The van der Waals surface area contributed by atoms with Crippen molar-refractivity contribution in [2.75, 3.05) is 5.75 Å². The van der Waals surface area contributed by atoms with Crippen LogP contribution in [0.4, 0.5) is 4.39 Å². The zero-order chi connectivity index (χ0) is 14.5. The summed E-state index contributed by atoms with van der Waals surface area (Å²) in [7, 11) is -3.72. The summed E-state index contributed by atoms with van der Waals surface area (Å²) in [6.07, 6.45) is 1.84. The third-order valence-corrected chi connectivity index (χ3v) is 4.42. The molecule has 0 unspecified atom stereocenters. The Labute approximate surface area is 113 Å². The molecule has 3 nitrogen and oxygen atoms in total. The van der Waals surface area contributed by atoms with Crippen molar-refractivity contribution >= 4 is 15.6 Å². The zero-order valence-electron chi connectivity index (χ0n) is 11.2. The maximum atomic E-state index is 13.0. The fraction of sp³-hybridized carbons (Fsp3) is 0.500. The van der Waals surface area contributed by atoms with Gasteiger partial charge in [0.1, 0.15) is 17.4 Å². The van der Waals surface area contributed by atoms with E-state index in [-0.39, 0.29) is 17.1 Å². The molecule has 0 heterocycles. The lowest BCUT2D eigenvalue weighted by molar-refractivity contribution is -0.116. The summed E-state index contributed by atoms with van der Waals surface area (Å²) < 4.78 is 36.8. The van der Waals surface area contributed by atoms with E-state index in [0.717, 1.165) is 12.5 Å². The number of Topliss-reactive ketones (excluding diaryl/α,β-unsaturated/α-hetero) is 1. The van der Waals surface area contributed by atoms with Crippen molar-refractivity contribution in [3.8, 4) is 0 Å². The van der Waals surface area contributed by atoms with Crippen LogP contribution >= 0.6 is 0 Å². The van der Waals surface area contributed by atoms with Crippen LogP contribution in [0, 0.1) is 11.7 Å². The minimum atomic E-state index is -3.72. The second-order valence-electron chi connectivity index (χ2n) is 5.04. The second kappa shape index (κ2) is 6.80. The van der Waals surface area contributed by atoms with Gasteiger partial charge in [0.05, 0.1) is 4.90 Å². The van der Waals surface area contributed by atoms with Gasteiger partial charge in [-0.1, -0.05) is 26.3 Å². The predicted octanol–water partition coefficient (Wildman–Crippen LogP) is 2.99. The predicted molar refractivity (Wildman–Crippen MR) is 72.1 cm³/mol. The molecule has 0 amide bonds. The molecule has 0 atom stereocenters. The van der Waals surface area contributed by atoms with Gasteiger partial charge in [-0.2, -0.15) is 0 Å². The van der Waals surface area contributed by atoms with E-state index in [1.807, 2.05) is 13.8 Å². The SMILES string of the molecule is CC(C)CCCC(=O)CS(=O)(=O)c1cccc(F)c1. The van der Waals surface area contributed by atoms with Gasteiger partial charge < -0.3 is 0 Å². The molecule has 0 spiro atoms. The summed E-state index contributed by atoms with van der Waals surface area (Å²) in [5.74, 6) is -0.986. The van der Waals surface area contributed by atoms with E-state index in [1.165, 1.54) is 18.2 Å². The second-order valence-corrected chi connectivity index (χ2v) is 7.03. The van der Waals surface area contributed by atoms with Crippen LogP contribution in [0.25, 0.3) is 0 Å². The third-order valence-electron chi connectivity index (χ3n) is 2.74. The molecule has 5 heteroatoms. The molecular formula is C14H19FO3S. The Balaban J connectivity index is 2.62. The molecule has 0 aliphatic carbocycles. The normalized spacial score (nSPS) is 11.8. The van der Waals surface area contributed by atoms with Crippen LogP contribution in [0.2, 0.25) is 0 Å². The van der Waals surface area contributed by atoms with Gasteiger partial charge in [0.2, 0.25) is 0 Å². The minimum absolute atomic E-state index is 0.135. The Morgan fingerprint density at radius 3 is 2.58 bits per heavy atom. The Kier molecular flexibility index (Phi) is 5.66. The molecule has 1 rings (SSSR count). The molecule has 0 fully saturated rings. The lowest BCUT2D eigenvalue weighted by Gasteiger charge is -2.05. The van der Waals surface area contributed by atoms with E-state index in [2.05, 4.69) is 0 Å². The molecule has 19 heavy (non-hydrogen) atoms. The number of sulfone groups is 1. The highest BCUT2D eigenvalue weighted by Gasteiger charge is 2.19. The summed E-state index contributed by atoms with van der Waals surface area (Å²) >= 11 is 0. The Morgan fingerprint density at radius 1 is 1.32 bits per heavy atom. The monoisotopic (exact) mass is 286 g/mol. The van der Waals surface area contributed by atoms with Gasteiger partial charge in [-0.15, -0.1) is 0 Å². The molecule has 0 radical (unpaired) electrons. The van der Waals surface area contributed by atoms with Gasteiger partial charge in [0, 0.05) is 6.42 Å². The first-order chi connectivity index (χ1) is 8.81. The average Bonchev–Trinajstić information content (AvgIpc) is 2.27. The van der Waals surface area contributed by atoms with Gasteiger partial charge in [-0.3, -0.25) is 4.79 Å². The number of benzene rings is 1. The van der Waals surface area contributed by atoms with Crippen molar-refractivity contribution in [3.63, 3.8) is 0 Å². The fourth-order valence-electron chi connectivity index (χ4n) is 1.74. The summed E-state index contributed by atoms with van der Waals surface area (Å²) in [6.45, 7) is 4.10. The van der Waals surface area contributed by atoms with E-state index in [1.54, 1.807) is 0 Å². The van der Waals surface area contributed by atoms with Gasteiger partial charge in [-0.25, -0.2) is 12.8 Å². The van der Waals surface area contributed by atoms with Gasteiger partial charge >= 0.3 is 0 Å². The summed E-state index contributed by atoms with van der Waals surface area (Å²) in [5.41, 5.74) is 0. The largest absolute Gasteiger partial charge is 0.299 e. The molecule has 0 aliphatic rings. The fourth-order valence-corrected chi connectivity index (χ4v) is 3.05. The number of halogens is 1. The van der Waals surface area contributed by atoms with E-state index >= 15 is 0 Å². The first-order valence-electron chi connectivity index (χ1n) is 6.31. The summed E-state index contributed by atoms with van der Waals surface area (Å²) in [6, 6.07) is 4.74. The molecule has 0 N–H and O–H groups in total. The van der Waals surface area contributed by atoms with Crippen LogP contribution in [0.3, 0.4) is 0 Å². The first kappa shape index (κ1) is 15.8. The average molecular weight is 286 g/mol. The summed E-state index contributed by atoms with van der Waals surface area (Å²) in [4.78, 5) is 11.5. The topological polar surface area (TPSA) is 51.2 Å². The third kappa shape index (κ3) is 5.51. The maximum Gasteiger partial charge on any atom is 0.185 e. The maximum absolute atomic E-state index is 13.0. The number of hydrogen-bond acceptors (Lipinski definition) is 3. The van der Waals surface area contributed by atoms with Crippen molar-refractivity contribution in [1.82, 2.24) is 0 Å². The number of hydrogen-bond donors (Lipinski definition) is 0. The molecule has 0 aliphatic heterocycles. The Morgan fingerprint density at radius 2 is 2.00 bits per heavy atom. The number of rotatable bonds is 7. The molecule has 1 aromatic carbocycles. The van der Waals surface area contributed by atoms with Crippen LogP contribution in [-0.4, -0.2) is 20.0 Å². The highest BCUT2D eigenvalue weighted by atomic mass is 32.2. The summed E-state index contributed by atoms with van der Waals surface area (Å²) in [5, 5.41) is 0. The highest BCUT2D eigenvalue weighted by Crippen LogP contribution is 2.14. The number of carbonyl (C=O) groups is 1. The van der Waals surface area contributed by atoms with Crippen LogP contribution < -0.4 is 0 Å². The lowest BCUT2D eigenvalue weighted by atomic mass is 10.1.